The number of carbonyl (C=O) groups is 2. The normalized spacial score (nSPS) is 27.8. The van der Waals surface area contributed by atoms with Crippen molar-refractivity contribution in [2.45, 2.75) is 31.6 Å². The van der Waals surface area contributed by atoms with Gasteiger partial charge in [-0.05, 0) is 53.3 Å². The van der Waals surface area contributed by atoms with Crippen molar-refractivity contribution >= 4 is 29.1 Å². The molecular formula is C27H22ClNO2. The van der Waals surface area contributed by atoms with E-state index in [4.69, 9.17) is 11.6 Å². The quantitative estimate of drug-likeness (QED) is 0.498. The van der Waals surface area contributed by atoms with Crippen LogP contribution in [0, 0.1) is 18.8 Å². The summed E-state index contributed by atoms with van der Waals surface area (Å²) in [5.74, 6) is -1.11. The van der Waals surface area contributed by atoms with Gasteiger partial charge in [0.15, 0.2) is 0 Å². The SMILES string of the molecule is CCC12c3ccccc3C(c3ccccc31)[C@H]1C(=O)N(c3cc(Cl)ccc3C)C(=O)[C@H]12. The number of aryl methyl sites for hydroxylation is 1. The van der Waals surface area contributed by atoms with Gasteiger partial charge >= 0.3 is 0 Å². The molecule has 7 rings (SSSR count). The van der Waals surface area contributed by atoms with Crippen LogP contribution in [0.5, 0.6) is 0 Å². The Morgan fingerprint density at radius 1 is 0.903 bits per heavy atom. The Morgan fingerprint density at radius 2 is 1.52 bits per heavy atom. The van der Waals surface area contributed by atoms with Crippen molar-refractivity contribution in [2.24, 2.45) is 11.8 Å². The molecule has 0 N–H and O–H groups in total. The van der Waals surface area contributed by atoms with Crippen molar-refractivity contribution in [1.82, 2.24) is 0 Å². The highest BCUT2D eigenvalue weighted by atomic mass is 35.5. The maximum atomic E-state index is 14.0. The lowest BCUT2D eigenvalue weighted by molar-refractivity contribution is -0.123. The van der Waals surface area contributed by atoms with E-state index < -0.39 is 17.3 Å². The summed E-state index contributed by atoms with van der Waals surface area (Å²) >= 11 is 6.26. The zero-order valence-electron chi connectivity index (χ0n) is 17.4. The molecule has 3 aromatic carbocycles. The zero-order valence-corrected chi connectivity index (χ0v) is 18.2. The topological polar surface area (TPSA) is 37.4 Å². The number of amides is 2. The summed E-state index contributed by atoms with van der Waals surface area (Å²) < 4.78 is 0. The first kappa shape index (κ1) is 18.8. The molecule has 0 unspecified atom stereocenters. The summed E-state index contributed by atoms with van der Waals surface area (Å²) in [7, 11) is 0. The van der Waals surface area contributed by atoms with Crippen LogP contribution in [0.25, 0.3) is 0 Å². The van der Waals surface area contributed by atoms with Crippen molar-refractivity contribution in [3.8, 4) is 0 Å². The number of hydrogen-bond acceptors (Lipinski definition) is 2. The Bertz CT molecular complexity index is 1230. The van der Waals surface area contributed by atoms with Gasteiger partial charge < -0.3 is 0 Å². The number of benzene rings is 3. The van der Waals surface area contributed by atoms with E-state index in [2.05, 4.69) is 43.3 Å². The van der Waals surface area contributed by atoms with Crippen molar-refractivity contribution in [1.29, 1.82) is 0 Å². The molecule has 0 saturated carbocycles. The number of anilines is 1. The molecule has 3 aliphatic carbocycles. The van der Waals surface area contributed by atoms with Gasteiger partial charge in [-0.2, -0.15) is 0 Å². The van der Waals surface area contributed by atoms with E-state index >= 15 is 0 Å². The van der Waals surface area contributed by atoms with E-state index in [1.54, 1.807) is 12.1 Å². The van der Waals surface area contributed by atoms with Crippen LogP contribution < -0.4 is 4.90 Å². The third-order valence-electron chi connectivity index (χ3n) is 7.76. The van der Waals surface area contributed by atoms with Crippen LogP contribution in [0.2, 0.25) is 5.02 Å². The van der Waals surface area contributed by atoms with E-state index in [1.807, 2.05) is 25.1 Å². The molecule has 1 saturated heterocycles. The molecule has 3 nitrogen and oxygen atoms in total. The lowest BCUT2D eigenvalue weighted by Gasteiger charge is -2.54. The lowest BCUT2D eigenvalue weighted by Crippen LogP contribution is -2.53. The minimum absolute atomic E-state index is 0.101. The molecule has 4 aliphatic rings. The molecule has 154 valence electrons. The summed E-state index contributed by atoms with van der Waals surface area (Å²) in [5, 5.41) is 0.524. The highest BCUT2D eigenvalue weighted by Crippen LogP contribution is 2.65. The van der Waals surface area contributed by atoms with Gasteiger partial charge in [0.1, 0.15) is 0 Å². The number of hydrogen-bond donors (Lipinski definition) is 0. The van der Waals surface area contributed by atoms with Crippen LogP contribution in [0.15, 0.2) is 66.7 Å². The fraction of sp³-hybridized carbons (Fsp3) is 0.259. The van der Waals surface area contributed by atoms with Crippen LogP contribution in [0.1, 0.15) is 47.1 Å². The molecule has 31 heavy (non-hydrogen) atoms. The van der Waals surface area contributed by atoms with Gasteiger partial charge in [-0.25, -0.2) is 4.90 Å². The molecule has 0 aromatic heterocycles. The van der Waals surface area contributed by atoms with E-state index in [1.165, 1.54) is 27.2 Å². The van der Waals surface area contributed by atoms with Crippen molar-refractivity contribution in [3.05, 3.63) is 99.6 Å². The fourth-order valence-electron chi connectivity index (χ4n) is 6.59. The second-order valence-electron chi connectivity index (χ2n) is 8.92. The van der Waals surface area contributed by atoms with Crippen LogP contribution >= 0.6 is 11.6 Å². The number of imide groups is 1. The highest BCUT2D eigenvalue weighted by Gasteiger charge is 2.67. The van der Waals surface area contributed by atoms with E-state index in [-0.39, 0.29) is 17.7 Å². The molecule has 1 heterocycles. The number of nitrogens with zero attached hydrogens (tertiary/aromatic N) is 1. The predicted octanol–water partition coefficient (Wildman–Crippen LogP) is 5.61. The van der Waals surface area contributed by atoms with Crippen LogP contribution in [0.3, 0.4) is 0 Å². The summed E-state index contributed by atoms with van der Waals surface area (Å²) in [6.45, 7) is 4.06. The van der Waals surface area contributed by atoms with Crippen molar-refractivity contribution in [2.75, 3.05) is 4.90 Å². The van der Waals surface area contributed by atoms with E-state index in [0.717, 1.165) is 12.0 Å². The summed E-state index contributed by atoms with van der Waals surface area (Å²) in [4.78, 5) is 29.4. The molecule has 0 spiro atoms. The summed E-state index contributed by atoms with van der Waals surface area (Å²) in [5.41, 5.74) is 5.76. The maximum Gasteiger partial charge on any atom is 0.238 e. The largest absolute Gasteiger partial charge is 0.274 e. The second kappa shape index (κ2) is 6.30. The van der Waals surface area contributed by atoms with Crippen molar-refractivity contribution < 1.29 is 9.59 Å². The number of halogens is 1. The van der Waals surface area contributed by atoms with Gasteiger partial charge in [0.25, 0.3) is 0 Å². The maximum absolute atomic E-state index is 14.0. The second-order valence-corrected chi connectivity index (χ2v) is 9.36. The Hall–Kier alpha value is -2.91. The van der Waals surface area contributed by atoms with Crippen LogP contribution in [-0.4, -0.2) is 11.8 Å². The average Bonchev–Trinajstić information content (AvgIpc) is 3.06. The molecule has 3 aromatic rings. The Labute approximate surface area is 186 Å². The van der Waals surface area contributed by atoms with Crippen LogP contribution in [0.4, 0.5) is 5.69 Å². The van der Waals surface area contributed by atoms with Gasteiger partial charge in [-0.1, -0.05) is 73.1 Å². The monoisotopic (exact) mass is 427 g/mol. The molecule has 2 atom stereocenters. The summed E-state index contributed by atoms with van der Waals surface area (Å²) in [6, 6.07) is 22.2. The molecule has 1 aliphatic heterocycles. The first-order valence-corrected chi connectivity index (χ1v) is 11.2. The Kier molecular flexibility index (Phi) is 3.83. The molecule has 0 radical (unpaired) electrons. The van der Waals surface area contributed by atoms with Crippen molar-refractivity contribution in [3.63, 3.8) is 0 Å². The highest BCUT2D eigenvalue weighted by molar-refractivity contribution is 6.31. The van der Waals surface area contributed by atoms with Gasteiger partial charge in [0, 0.05) is 16.4 Å². The first-order valence-electron chi connectivity index (χ1n) is 10.8. The third kappa shape index (κ3) is 2.15. The third-order valence-corrected chi connectivity index (χ3v) is 8.00. The Morgan fingerprint density at radius 3 is 2.13 bits per heavy atom. The van der Waals surface area contributed by atoms with E-state index in [0.29, 0.717) is 10.7 Å². The standard InChI is InChI=1S/C27H22ClNO2/c1-3-27-19-10-6-4-8-17(19)22(18-9-5-7-11-20(18)27)23-24(27)26(31)29(25(23)30)21-14-16(28)13-12-15(21)2/h4-14,22-24H,3H2,1-2H3/t22?,23-,24+,27?/m1/s1. The van der Waals surface area contributed by atoms with Gasteiger partial charge in [-0.15, -0.1) is 0 Å². The fourth-order valence-corrected chi connectivity index (χ4v) is 6.76. The number of carbonyl (C=O) groups excluding carboxylic acids is 2. The predicted molar refractivity (Wildman–Crippen MR) is 121 cm³/mol. The molecule has 2 amide bonds. The Balaban J connectivity index is 1.65. The molecular weight excluding hydrogens is 406 g/mol. The van der Waals surface area contributed by atoms with Gasteiger partial charge in [0.05, 0.1) is 17.5 Å². The lowest BCUT2D eigenvalue weighted by atomic mass is 9.46. The molecule has 2 bridgehead atoms. The minimum atomic E-state index is -0.499. The zero-order chi connectivity index (χ0) is 21.5. The number of rotatable bonds is 2. The minimum Gasteiger partial charge on any atom is -0.274 e. The van der Waals surface area contributed by atoms with Crippen LogP contribution in [-0.2, 0) is 15.0 Å². The van der Waals surface area contributed by atoms with Gasteiger partial charge in [-0.3, -0.25) is 9.59 Å². The molecule has 4 heteroatoms. The first-order chi connectivity index (χ1) is 15.0. The smallest absolute Gasteiger partial charge is 0.238 e. The average molecular weight is 428 g/mol. The van der Waals surface area contributed by atoms with E-state index in [9.17, 15) is 9.59 Å². The van der Waals surface area contributed by atoms with Gasteiger partial charge in [0.2, 0.25) is 11.8 Å². The molecule has 1 fully saturated rings. The summed E-state index contributed by atoms with van der Waals surface area (Å²) in [6.07, 6.45) is 0.760.